The van der Waals surface area contributed by atoms with E-state index in [1.165, 1.54) is 0 Å². The molecule has 1 heterocycles. The van der Waals surface area contributed by atoms with Crippen LogP contribution in [0.3, 0.4) is 0 Å². The number of ether oxygens (including phenoxy) is 4. The van der Waals surface area contributed by atoms with Crippen molar-refractivity contribution in [2.24, 2.45) is 0 Å². The van der Waals surface area contributed by atoms with Gasteiger partial charge >= 0.3 is 0 Å². The molecule has 0 spiro atoms. The highest BCUT2D eigenvalue weighted by Crippen LogP contribution is 2.34. The summed E-state index contributed by atoms with van der Waals surface area (Å²) in [5, 5.41) is 56.7. The molecule has 1 aliphatic heterocycles. The van der Waals surface area contributed by atoms with Gasteiger partial charge in [0.2, 0.25) is 21.8 Å². The van der Waals surface area contributed by atoms with E-state index in [9.17, 15) is 48.3 Å². The Morgan fingerprint density at radius 3 is 2.22 bits per heavy atom. The van der Waals surface area contributed by atoms with Gasteiger partial charge in [-0.05, 0) is 28.8 Å². The summed E-state index contributed by atoms with van der Waals surface area (Å²) in [6.45, 7) is -1.87. The van der Waals surface area contributed by atoms with E-state index in [1.807, 2.05) is 0 Å². The Hall–Kier alpha value is -4.16. The van der Waals surface area contributed by atoms with Crippen molar-refractivity contribution in [2.75, 3.05) is 52.4 Å². The van der Waals surface area contributed by atoms with Crippen LogP contribution in [0.5, 0.6) is 5.75 Å². The zero-order valence-electron chi connectivity index (χ0n) is 27.8. The number of nitrogens with one attached hydrogen (secondary N) is 3. The van der Waals surface area contributed by atoms with Gasteiger partial charge in [0.1, 0.15) is 31.2 Å². The number of hydrogen-bond donors (Lipinski definition) is 8. The van der Waals surface area contributed by atoms with Gasteiger partial charge in [-0.3, -0.25) is 14.4 Å². The van der Waals surface area contributed by atoms with E-state index in [2.05, 4.69) is 16.6 Å². The summed E-state index contributed by atoms with van der Waals surface area (Å²) in [5.74, 6) is -3.11. The van der Waals surface area contributed by atoms with Crippen molar-refractivity contribution < 1.29 is 67.3 Å². The molecule has 2 aromatic carbocycles. The Morgan fingerprint density at radius 1 is 1.00 bits per heavy atom. The zero-order chi connectivity index (χ0) is 37.6. The van der Waals surface area contributed by atoms with Crippen LogP contribution < -0.4 is 15.4 Å². The third kappa shape index (κ3) is 12.8. The summed E-state index contributed by atoms with van der Waals surface area (Å²) in [6.07, 6.45) is -2.55. The second-order valence-corrected chi connectivity index (χ2v) is 13.3. The predicted molar refractivity (Wildman–Crippen MR) is 179 cm³/mol. The lowest BCUT2D eigenvalue weighted by Gasteiger charge is -2.47. The summed E-state index contributed by atoms with van der Waals surface area (Å²) in [5.41, 5.74) is 2.32. The molecule has 17 nitrogen and oxygen atoms in total. The van der Waals surface area contributed by atoms with E-state index in [-0.39, 0.29) is 38.6 Å². The van der Waals surface area contributed by atoms with Gasteiger partial charge < -0.3 is 55.1 Å². The molecule has 280 valence electrons. The molecule has 0 unspecified atom stereocenters. The second kappa shape index (κ2) is 19.4. The molecular formula is C33H43N3O14S. The second-order valence-electron chi connectivity index (χ2n) is 11.6. The van der Waals surface area contributed by atoms with Crippen LogP contribution >= 0.6 is 0 Å². The number of hydrogen-bond acceptors (Lipinski definition) is 14. The van der Waals surface area contributed by atoms with E-state index in [0.717, 1.165) is 11.1 Å². The monoisotopic (exact) mass is 737 g/mol. The number of rotatable bonds is 19. The average molecular weight is 738 g/mol. The number of amides is 3. The Kier molecular flexibility index (Phi) is 15.7. The molecule has 1 saturated heterocycles. The van der Waals surface area contributed by atoms with Gasteiger partial charge in [-0.15, -0.1) is 6.42 Å². The fourth-order valence-corrected chi connectivity index (χ4v) is 5.59. The van der Waals surface area contributed by atoms with Gasteiger partial charge in [0.05, 0.1) is 57.4 Å². The minimum atomic E-state index is -4.21. The number of aliphatic hydroxyl groups excluding tert-OH is 4. The van der Waals surface area contributed by atoms with Gasteiger partial charge in [-0.2, -0.15) is 0 Å². The number of aliphatic hydroxyl groups is 4. The summed E-state index contributed by atoms with van der Waals surface area (Å²) in [6, 6.07) is 12.0. The maximum atomic E-state index is 13.3. The third-order valence-electron chi connectivity index (χ3n) is 7.55. The number of benzene rings is 2. The first-order valence-corrected chi connectivity index (χ1v) is 17.6. The molecule has 3 amide bonds. The molecule has 2 aromatic rings. The lowest BCUT2D eigenvalue weighted by atomic mass is 9.88. The van der Waals surface area contributed by atoms with Crippen molar-refractivity contribution in [1.82, 2.24) is 15.4 Å². The van der Waals surface area contributed by atoms with Crippen LogP contribution in [0.4, 0.5) is 0 Å². The largest absolute Gasteiger partial charge is 0.508 e. The van der Waals surface area contributed by atoms with Crippen molar-refractivity contribution >= 4 is 27.7 Å². The Morgan fingerprint density at radius 2 is 1.61 bits per heavy atom. The Labute approximate surface area is 294 Å². The van der Waals surface area contributed by atoms with Crippen LogP contribution in [0.25, 0.3) is 11.1 Å². The Balaban J connectivity index is 1.72. The van der Waals surface area contributed by atoms with Crippen LogP contribution in [0.2, 0.25) is 0 Å². The van der Waals surface area contributed by atoms with E-state index in [1.54, 1.807) is 53.3 Å². The van der Waals surface area contributed by atoms with Crippen LogP contribution in [-0.2, 0) is 49.8 Å². The minimum absolute atomic E-state index is 0.0599. The number of phenols is 1. The normalized spacial score (nSPS) is 21.5. The van der Waals surface area contributed by atoms with Crippen LogP contribution in [-0.4, -0.2) is 140 Å². The highest BCUT2D eigenvalue weighted by Gasteiger charge is 2.56. The quantitative estimate of drug-likeness (QED) is 0.0549. The van der Waals surface area contributed by atoms with Crippen molar-refractivity contribution in [3.05, 3.63) is 54.1 Å². The molecule has 0 aromatic heterocycles. The average Bonchev–Trinajstić information content (AvgIpc) is 3.09. The van der Waals surface area contributed by atoms with Gasteiger partial charge in [-0.25, -0.2) is 13.1 Å². The lowest BCUT2D eigenvalue weighted by Crippen LogP contribution is -2.69. The molecule has 1 aliphatic rings. The van der Waals surface area contributed by atoms with Gasteiger partial charge in [-0.1, -0.05) is 42.3 Å². The molecular weight excluding hydrogens is 694 g/mol. The maximum Gasteiger partial charge on any atom is 0.293 e. The number of sulfonamides is 1. The predicted octanol–water partition coefficient (Wildman–Crippen LogP) is -2.48. The fraction of sp³-hybridized carbons (Fsp3) is 0.485. The molecule has 0 bridgehead atoms. The summed E-state index contributed by atoms with van der Waals surface area (Å²) >= 11 is 0. The molecule has 51 heavy (non-hydrogen) atoms. The van der Waals surface area contributed by atoms with Gasteiger partial charge in [0, 0.05) is 13.0 Å². The number of carbonyl (C=O) groups is 3. The number of aromatic hydroxyl groups is 1. The standard InChI is InChI=1S/C33H43N3O14S/c1-3-12-47-13-14-48-15-16-49-33(32(44)36-51(2,45)46)18-25(39)29(35-28(42)20-37)31(50-33)30(43)26(40)19-34-27(41)17-21-4-6-22(7-5-21)23-8-10-24(38)11-9-23/h1,4-11,25-26,29-31,37-40,43H,12-20H2,2H3,(H,34,41)(H,35,42)(H,36,44)/t25-,26+,29+,30+,31+,33+/m0/s1. The number of phenolic OH excluding ortho intramolecular Hbond substituents is 1. The molecule has 3 rings (SSSR count). The van der Waals surface area contributed by atoms with Crippen molar-refractivity contribution in [3.8, 4) is 29.2 Å². The molecule has 1 fully saturated rings. The molecule has 8 N–H and O–H groups in total. The first kappa shape index (κ1) is 41.3. The fourth-order valence-electron chi connectivity index (χ4n) is 5.10. The first-order chi connectivity index (χ1) is 24.2. The Bertz CT molecular complexity index is 1600. The number of terminal acetylenes is 1. The molecule has 6 atom stereocenters. The summed E-state index contributed by atoms with van der Waals surface area (Å²) in [7, 11) is -4.21. The van der Waals surface area contributed by atoms with E-state index in [4.69, 9.17) is 25.4 Å². The summed E-state index contributed by atoms with van der Waals surface area (Å²) < 4.78 is 47.5. The topological polar surface area (TPSA) is 260 Å². The number of carbonyl (C=O) groups excluding carboxylic acids is 3. The maximum absolute atomic E-state index is 13.3. The van der Waals surface area contributed by atoms with Gasteiger partial charge in [0.15, 0.2) is 0 Å². The van der Waals surface area contributed by atoms with E-state index >= 15 is 0 Å². The summed E-state index contributed by atoms with van der Waals surface area (Å²) in [4.78, 5) is 38.1. The molecule has 0 saturated carbocycles. The van der Waals surface area contributed by atoms with E-state index < -0.39 is 90.2 Å². The first-order valence-electron chi connectivity index (χ1n) is 15.7. The molecule has 18 heteroatoms. The van der Waals surface area contributed by atoms with Crippen LogP contribution in [0.1, 0.15) is 12.0 Å². The third-order valence-corrected chi connectivity index (χ3v) is 8.10. The minimum Gasteiger partial charge on any atom is -0.508 e. The van der Waals surface area contributed by atoms with Crippen LogP contribution in [0, 0.1) is 12.3 Å². The molecule has 0 radical (unpaired) electrons. The SMILES string of the molecule is C#CCOCCOCCO[C@]1(C(=O)NS(C)(=O)=O)C[C@H](O)[C@@H](NC(=O)CO)[C@H]([C@H](O)[C@H](O)CNC(=O)Cc2ccc(-c3ccc(O)cc3)cc2)O1. The smallest absolute Gasteiger partial charge is 0.293 e. The van der Waals surface area contributed by atoms with Gasteiger partial charge in [0.25, 0.3) is 11.7 Å². The zero-order valence-corrected chi connectivity index (χ0v) is 28.6. The van der Waals surface area contributed by atoms with E-state index in [0.29, 0.717) is 11.8 Å². The van der Waals surface area contributed by atoms with Crippen molar-refractivity contribution in [3.63, 3.8) is 0 Å². The highest BCUT2D eigenvalue weighted by molar-refractivity contribution is 7.89. The molecule has 0 aliphatic carbocycles. The lowest BCUT2D eigenvalue weighted by molar-refractivity contribution is -0.304. The highest BCUT2D eigenvalue weighted by atomic mass is 32.2. The van der Waals surface area contributed by atoms with Crippen LogP contribution in [0.15, 0.2) is 48.5 Å². The van der Waals surface area contributed by atoms with Crippen molar-refractivity contribution in [1.29, 1.82) is 0 Å². The van der Waals surface area contributed by atoms with Crippen molar-refractivity contribution in [2.45, 2.75) is 49.1 Å².